The molecule has 0 bridgehead atoms. The van der Waals surface area contributed by atoms with E-state index >= 15 is 0 Å². The minimum atomic E-state index is -1.01. The maximum absolute atomic E-state index is 12.1. The number of carboxylic acid groups (broad SMARTS) is 1. The van der Waals surface area contributed by atoms with Crippen LogP contribution in [0.1, 0.15) is 75.7 Å². The van der Waals surface area contributed by atoms with E-state index in [0.29, 0.717) is 26.1 Å². The van der Waals surface area contributed by atoms with Crippen molar-refractivity contribution in [2.45, 2.75) is 84.1 Å². The normalized spacial score (nSPS) is 14.4. The molecule has 6 heteroatoms. The fourth-order valence-corrected chi connectivity index (χ4v) is 3.79. The van der Waals surface area contributed by atoms with Crippen molar-refractivity contribution in [3.8, 4) is 0 Å². The van der Waals surface area contributed by atoms with Gasteiger partial charge in [0, 0.05) is 36.9 Å². The topological polar surface area (TPSA) is 88.5 Å². The number of aryl methyl sites for hydroxylation is 3. The molecule has 2 N–H and O–H groups in total. The summed E-state index contributed by atoms with van der Waals surface area (Å²) in [6.45, 7) is 4.80. The Morgan fingerprint density at radius 1 is 1.14 bits per heavy atom. The zero-order valence-corrected chi connectivity index (χ0v) is 17.9. The molecule has 1 aromatic heterocycles. The summed E-state index contributed by atoms with van der Waals surface area (Å²) in [5.41, 5.74) is 3.84. The van der Waals surface area contributed by atoms with E-state index in [4.69, 9.17) is 9.72 Å². The summed E-state index contributed by atoms with van der Waals surface area (Å²) in [4.78, 5) is 28.3. The molecule has 29 heavy (non-hydrogen) atoms. The van der Waals surface area contributed by atoms with Gasteiger partial charge in [-0.1, -0.05) is 19.9 Å². The average Bonchev–Trinajstić information content (AvgIpc) is 2.72. The van der Waals surface area contributed by atoms with Gasteiger partial charge in [-0.15, -0.1) is 0 Å². The van der Waals surface area contributed by atoms with Gasteiger partial charge in [-0.25, -0.2) is 4.79 Å². The highest BCUT2D eigenvalue weighted by atomic mass is 16.5. The lowest BCUT2D eigenvalue weighted by atomic mass is 9.95. The van der Waals surface area contributed by atoms with Gasteiger partial charge in [-0.2, -0.15) is 0 Å². The van der Waals surface area contributed by atoms with Crippen LogP contribution in [0.25, 0.3) is 0 Å². The van der Waals surface area contributed by atoms with Crippen molar-refractivity contribution in [3.63, 3.8) is 0 Å². The van der Waals surface area contributed by atoms with E-state index in [1.165, 1.54) is 24.1 Å². The molecule has 0 aliphatic heterocycles. The van der Waals surface area contributed by atoms with Crippen LogP contribution < -0.4 is 5.32 Å². The van der Waals surface area contributed by atoms with E-state index in [0.717, 1.165) is 37.8 Å². The van der Waals surface area contributed by atoms with E-state index in [1.54, 1.807) is 0 Å². The van der Waals surface area contributed by atoms with Gasteiger partial charge in [0.15, 0.2) is 0 Å². The number of rotatable bonds is 13. The number of aromatic nitrogens is 1. The molecule has 1 amide bonds. The van der Waals surface area contributed by atoms with Crippen LogP contribution in [-0.4, -0.2) is 41.2 Å². The van der Waals surface area contributed by atoms with Gasteiger partial charge in [0.2, 0.25) is 5.91 Å². The van der Waals surface area contributed by atoms with Crippen LogP contribution in [0.15, 0.2) is 12.1 Å². The molecule has 1 aliphatic carbocycles. The van der Waals surface area contributed by atoms with Crippen molar-refractivity contribution in [1.29, 1.82) is 0 Å². The van der Waals surface area contributed by atoms with Crippen LogP contribution in [-0.2, 0) is 33.6 Å². The van der Waals surface area contributed by atoms with Crippen molar-refractivity contribution in [1.82, 2.24) is 10.3 Å². The number of hydrogen-bond acceptors (Lipinski definition) is 4. The van der Waals surface area contributed by atoms with E-state index in [9.17, 15) is 14.7 Å². The Morgan fingerprint density at radius 2 is 1.90 bits per heavy atom. The van der Waals surface area contributed by atoms with Crippen LogP contribution in [0, 0.1) is 5.92 Å². The molecule has 1 atom stereocenters. The molecule has 1 aromatic rings. The molecule has 6 nitrogen and oxygen atoms in total. The summed E-state index contributed by atoms with van der Waals surface area (Å²) in [6.07, 6.45) is 9.34. The monoisotopic (exact) mass is 404 g/mol. The van der Waals surface area contributed by atoms with Gasteiger partial charge >= 0.3 is 5.97 Å². The van der Waals surface area contributed by atoms with Gasteiger partial charge in [-0.3, -0.25) is 9.78 Å². The lowest BCUT2D eigenvalue weighted by Gasteiger charge is -2.18. The number of fused-ring (bicyclic) bond motifs is 1. The maximum atomic E-state index is 12.1. The summed E-state index contributed by atoms with van der Waals surface area (Å²) in [7, 11) is 0. The van der Waals surface area contributed by atoms with Gasteiger partial charge in [0.05, 0.1) is 0 Å². The lowest BCUT2D eigenvalue weighted by molar-refractivity contribution is -0.143. The Balaban J connectivity index is 1.61. The summed E-state index contributed by atoms with van der Waals surface area (Å²) in [6, 6.07) is 3.49. The number of unbranched alkanes of at least 4 members (excludes halogenated alkanes) is 1. The second kappa shape index (κ2) is 12.6. The SMILES string of the molecule is CCC(CC)C(=O)NC(CCOCCCCc1ccc2c(n1)CCCC2)C(=O)O. The fourth-order valence-electron chi connectivity index (χ4n) is 3.79. The van der Waals surface area contributed by atoms with E-state index < -0.39 is 12.0 Å². The van der Waals surface area contributed by atoms with Crippen molar-refractivity contribution < 1.29 is 19.4 Å². The minimum Gasteiger partial charge on any atom is -0.480 e. The first-order valence-corrected chi connectivity index (χ1v) is 11.1. The Labute approximate surface area is 174 Å². The highest BCUT2D eigenvalue weighted by molar-refractivity contribution is 5.84. The van der Waals surface area contributed by atoms with Gasteiger partial charge < -0.3 is 15.2 Å². The van der Waals surface area contributed by atoms with Crippen LogP contribution in [0.5, 0.6) is 0 Å². The number of nitrogens with zero attached hydrogens (tertiary/aromatic N) is 1. The average molecular weight is 405 g/mol. The van der Waals surface area contributed by atoms with Crippen LogP contribution in [0.2, 0.25) is 0 Å². The number of ether oxygens (including phenoxy) is 1. The number of amides is 1. The minimum absolute atomic E-state index is 0.130. The molecule has 0 radical (unpaired) electrons. The summed E-state index contributed by atoms with van der Waals surface area (Å²) in [5.74, 6) is -1.32. The zero-order chi connectivity index (χ0) is 21.1. The highest BCUT2D eigenvalue weighted by Crippen LogP contribution is 2.20. The molecule has 2 rings (SSSR count). The molecule has 0 aromatic carbocycles. The molecule has 162 valence electrons. The van der Waals surface area contributed by atoms with Gasteiger partial charge in [-0.05, 0) is 69.4 Å². The molecule has 0 saturated carbocycles. The number of nitrogens with one attached hydrogen (secondary N) is 1. The number of pyridine rings is 1. The predicted molar refractivity (Wildman–Crippen MR) is 113 cm³/mol. The first kappa shape index (κ1) is 23.3. The number of carboxylic acids is 1. The molecule has 1 heterocycles. The highest BCUT2D eigenvalue weighted by Gasteiger charge is 2.23. The molecule has 1 aliphatic rings. The lowest BCUT2D eigenvalue weighted by Crippen LogP contribution is -2.44. The second-order valence-electron chi connectivity index (χ2n) is 7.89. The predicted octanol–water partition coefficient (Wildman–Crippen LogP) is 3.70. The van der Waals surface area contributed by atoms with Crippen molar-refractivity contribution >= 4 is 11.9 Å². The van der Waals surface area contributed by atoms with E-state index in [-0.39, 0.29) is 18.2 Å². The molecule has 0 fully saturated rings. The number of carbonyl (C=O) groups excluding carboxylic acids is 1. The van der Waals surface area contributed by atoms with Crippen LogP contribution in [0.4, 0.5) is 0 Å². The molecular weight excluding hydrogens is 368 g/mol. The van der Waals surface area contributed by atoms with Crippen LogP contribution in [0.3, 0.4) is 0 Å². The summed E-state index contributed by atoms with van der Waals surface area (Å²) < 4.78 is 5.60. The third kappa shape index (κ3) is 7.77. The maximum Gasteiger partial charge on any atom is 0.326 e. The largest absolute Gasteiger partial charge is 0.480 e. The molecule has 0 spiro atoms. The fraction of sp³-hybridized carbons (Fsp3) is 0.696. The Kier molecular flexibility index (Phi) is 10.1. The quantitative estimate of drug-likeness (QED) is 0.490. The molecule has 1 unspecified atom stereocenters. The Hall–Kier alpha value is -1.95. The summed E-state index contributed by atoms with van der Waals surface area (Å²) >= 11 is 0. The van der Waals surface area contributed by atoms with Crippen LogP contribution >= 0.6 is 0 Å². The summed E-state index contributed by atoms with van der Waals surface area (Å²) in [5, 5.41) is 12.0. The molecular formula is C23H36N2O4. The Bertz CT molecular complexity index is 658. The zero-order valence-electron chi connectivity index (χ0n) is 17.9. The Morgan fingerprint density at radius 3 is 2.62 bits per heavy atom. The van der Waals surface area contributed by atoms with Gasteiger partial charge in [0.25, 0.3) is 0 Å². The number of aliphatic carboxylic acids is 1. The van der Waals surface area contributed by atoms with Gasteiger partial charge in [0.1, 0.15) is 6.04 Å². The van der Waals surface area contributed by atoms with Crippen molar-refractivity contribution in [2.24, 2.45) is 5.92 Å². The number of hydrogen-bond donors (Lipinski definition) is 2. The number of carbonyl (C=O) groups is 2. The van der Waals surface area contributed by atoms with E-state index in [2.05, 4.69) is 17.4 Å². The second-order valence-corrected chi connectivity index (χ2v) is 7.89. The van der Waals surface area contributed by atoms with Crippen molar-refractivity contribution in [3.05, 3.63) is 29.1 Å². The smallest absolute Gasteiger partial charge is 0.326 e. The first-order valence-electron chi connectivity index (χ1n) is 11.1. The van der Waals surface area contributed by atoms with Crippen molar-refractivity contribution in [2.75, 3.05) is 13.2 Å². The van der Waals surface area contributed by atoms with E-state index in [1.807, 2.05) is 13.8 Å². The molecule has 0 saturated heterocycles. The first-order chi connectivity index (χ1) is 14.0. The third-order valence-corrected chi connectivity index (χ3v) is 5.73. The third-order valence-electron chi connectivity index (χ3n) is 5.73. The standard InChI is InChI=1S/C23H36N2O4/c1-3-17(4-2)22(26)25-21(23(27)28)14-16-29-15-8-7-10-19-13-12-18-9-5-6-11-20(18)24-19/h12-13,17,21H,3-11,14-16H2,1-2H3,(H,25,26)(H,27,28).